The molecule has 0 amide bonds. The van der Waals surface area contributed by atoms with Crippen LogP contribution in [0.15, 0.2) is 24.4 Å². The third-order valence-corrected chi connectivity index (χ3v) is 4.99. The lowest BCUT2D eigenvalue weighted by molar-refractivity contribution is 0.0701. The molecule has 3 N–H and O–H groups in total. The molecule has 3 aromatic rings. The first-order valence-corrected chi connectivity index (χ1v) is 7.91. The van der Waals surface area contributed by atoms with Crippen LogP contribution in [0.3, 0.4) is 0 Å². The lowest BCUT2D eigenvalue weighted by Crippen LogP contribution is -2.05. The van der Waals surface area contributed by atoms with Crippen LogP contribution in [0.4, 0.5) is 10.1 Å². The number of aryl methyl sites for hydroxylation is 1. The van der Waals surface area contributed by atoms with E-state index >= 15 is 0 Å². The van der Waals surface area contributed by atoms with Gasteiger partial charge in [-0.05, 0) is 32.0 Å². The van der Waals surface area contributed by atoms with Crippen molar-refractivity contribution in [2.24, 2.45) is 0 Å². The first kappa shape index (κ1) is 15.5. The molecule has 23 heavy (non-hydrogen) atoms. The monoisotopic (exact) mass is 333 g/mol. The van der Waals surface area contributed by atoms with Crippen molar-refractivity contribution in [2.75, 3.05) is 12.4 Å². The molecular formula is C16H16FN3O2S. The van der Waals surface area contributed by atoms with Crippen LogP contribution in [0.25, 0.3) is 21.5 Å². The number of carboxylic acids is 1. The number of hydrogen-bond acceptors (Lipinski definition) is 4. The molecule has 2 heterocycles. The number of nitrogen functional groups attached to an aromatic ring is 1. The molecule has 3 rings (SSSR count). The summed E-state index contributed by atoms with van der Waals surface area (Å²) in [7, 11) is 0. The van der Waals surface area contributed by atoms with Crippen LogP contribution in [-0.2, 0) is 0 Å². The van der Waals surface area contributed by atoms with Crippen molar-refractivity contribution in [3.63, 3.8) is 0 Å². The SMILES string of the molecule is Cc1nc(-c2ccc3c(c2)c(N)cn3C(C)CF)sc1C(=O)O. The number of fused-ring (bicyclic) bond motifs is 1. The van der Waals surface area contributed by atoms with E-state index in [2.05, 4.69) is 4.98 Å². The Morgan fingerprint density at radius 1 is 1.52 bits per heavy atom. The summed E-state index contributed by atoms with van der Waals surface area (Å²) >= 11 is 1.13. The first-order valence-electron chi connectivity index (χ1n) is 7.09. The highest BCUT2D eigenvalue weighted by Gasteiger charge is 2.17. The van der Waals surface area contributed by atoms with E-state index in [0.29, 0.717) is 16.4 Å². The second-order valence-corrected chi connectivity index (χ2v) is 6.46. The van der Waals surface area contributed by atoms with E-state index in [1.165, 1.54) is 0 Å². The number of hydrogen-bond donors (Lipinski definition) is 2. The van der Waals surface area contributed by atoms with E-state index in [1.54, 1.807) is 20.0 Å². The van der Waals surface area contributed by atoms with Crippen LogP contribution in [0.1, 0.15) is 28.3 Å². The first-order chi connectivity index (χ1) is 10.9. The number of aromatic carboxylic acids is 1. The minimum absolute atomic E-state index is 0.233. The molecule has 0 saturated carbocycles. The molecule has 0 radical (unpaired) electrons. The zero-order valence-corrected chi connectivity index (χ0v) is 13.5. The molecule has 1 atom stereocenters. The van der Waals surface area contributed by atoms with E-state index in [1.807, 2.05) is 22.8 Å². The number of alkyl halides is 1. The molecule has 2 aromatic heterocycles. The predicted octanol–water partition coefficient (Wildman–Crippen LogP) is 3.88. The Bertz CT molecular complexity index is 900. The maximum Gasteiger partial charge on any atom is 0.347 e. The Hall–Kier alpha value is -2.41. The second-order valence-electron chi connectivity index (χ2n) is 5.47. The fourth-order valence-electron chi connectivity index (χ4n) is 2.57. The van der Waals surface area contributed by atoms with Gasteiger partial charge in [0.2, 0.25) is 0 Å². The molecule has 0 bridgehead atoms. The molecule has 120 valence electrons. The van der Waals surface area contributed by atoms with Gasteiger partial charge >= 0.3 is 5.97 Å². The molecule has 7 heteroatoms. The van der Waals surface area contributed by atoms with E-state index in [4.69, 9.17) is 10.8 Å². The van der Waals surface area contributed by atoms with Gasteiger partial charge in [0.25, 0.3) is 0 Å². The fourth-order valence-corrected chi connectivity index (χ4v) is 3.47. The minimum Gasteiger partial charge on any atom is -0.477 e. The molecule has 1 unspecified atom stereocenters. The van der Waals surface area contributed by atoms with Gasteiger partial charge in [-0.25, -0.2) is 14.2 Å². The second kappa shape index (κ2) is 5.66. The number of halogens is 1. The highest BCUT2D eigenvalue weighted by Crippen LogP contribution is 2.33. The average molecular weight is 333 g/mol. The smallest absolute Gasteiger partial charge is 0.347 e. The molecule has 0 aliphatic rings. The largest absolute Gasteiger partial charge is 0.477 e. The van der Waals surface area contributed by atoms with Crippen molar-refractivity contribution >= 4 is 33.9 Å². The predicted molar refractivity (Wildman–Crippen MR) is 89.8 cm³/mol. The van der Waals surface area contributed by atoms with Gasteiger partial charge in [0.15, 0.2) is 0 Å². The standard InChI is InChI=1S/C16H16FN3O2S/c1-8(6-17)20-7-12(18)11-5-10(3-4-13(11)20)15-19-9(2)14(23-15)16(21)22/h3-5,7-8H,6,18H2,1-2H3,(H,21,22). The molecule has 0 aliphatic heterocycles. The number of thiazole rings is 1. The zero-order chi connectivity index (χ0) is 16.7. The van der Waals surface area contributed by atoms with Crippen molar-refractivity contribution in [3.8, 4) is 10.6 Å². The van der Waals surface area contributed by atoms with E-state index in [0.717, 1.165) is 27.8 Å². The van der Waals surface area contributed by atoms with Crippen LogP contribution in [0, 0.1) is 6.92 Å². The maximum absolute atomic E-state index is 13.0. The van der Waals surface area contributed by atoms with Gasteiger partial charge in [-0.1, -0.05) is 0 Å². The van der Waals surface area contributed by atoms with E-state index < -0.39 is 12.6 Å². The lowest BCUT2D eigenvalue weighted by Gasteiger charge is -2.10. The number of rotatable bonds is 4. The Labute approximate surface area is 136 Å². The molecule has 0 spiro atoms. The van der Waals surface area contributed by atoms with Crippen LogP contribution in [0.5, 0.6) is 0 Å². The third-order valence-electron chi connectivity index (χ3n) is 3.80. The van der Waals surface area contributed by atoms with E-state index in [9.17, 15) is 9.18 Å². The summed E-state index contributed by atoms with van der Waals surface area (Å²) in [6.45, 7) is 2.99. The van der Waals surface area contributed by atoms with Crippen molar-refractivity contribution in [2.45, 2.75) is 19.9 Å². The average Bonchev–Trinajstić information content (AvgIpc) is 3.07. The summed E-state index contributed by atoms with van der Waals surface area (Å²) in [4.78, 5) is 15.7. The van der Waals surface area contributed by atoms with Gasteiger partial charge in [-0.15, -0.1) is 11.3 Å². The molecule has 0 saturated heterocycles. The number of nitrogens with zero attached hydrogens (tertiary/aromatic N) is 2. The molecule has 0 aliphatic carbocycles. The minimum atomic E-state index is -0.977. The lowest BCUT2D eigenvalue weighted by atomic mass is 10.1. The Morgan fingerprint density at radius 3 is 2.87 bits per heavy atom. The van der Waals surface area contributed by atoms with E-state index in [-0.39, 0.29) is 10.9 Å². The Morgan fingerprint density at radius 2 is 2.26 bits per heavy atom. The number of anilines is 1. The van der Waals surface area contributed by atoms with Crippen molar-refractivity contribution in [1.82, 2.24) is 9.55 Å². The number of aromatic nitrogens is 2. The summed E-state index contributed by atoms with van der Waals surface area (Å²) in [5.41, 5.74) is 8.76. The highest BCUT2D eigenvalue weighted by atomic mass is 32.1. The number of carboxylic acid groups (broad SMARTS) is 1. The summed E-state index contributed by atoms with van der Waals surface area (Å²) in [6, 6.07) is 5.30. The summed E-state index contributed by atoms with van der Waals surface area (Å²) in [6.07, 6.45) is 1.73. The van der Waals surface area contributed by atoms with Crippen molar-refractivity contribution in [3.05, 3.63) is 35.0 Å². The van der Waals surface area contributed by atoms with Crippen molar-refractivity contribution < 1.29 is 14.3 Å². The van der Waals surface area contributed by atoms with Crippen LogP contribution in [0.2, 0.25) is 0 Å². The Kier molecular flexibility index (Phi) is 3.81. The van der Waals surface area contributed by atoms with Crippen molar-refractivity contribution in [1.29, 1.82) is 0 Å². The van der Waals surface area contributed by atoms with Crippen LogP contribution >= 0.6 is 11.3 Å². The van der Waals surface area contributed by atoms with Gasteiger partial charge in [-0.3, -0.25) is 0 Å². The van der Waals surface area contributed by atoms with Gasteiger partial charge in [0, 0.05) is 17.1 Å². The normalized spacial score (nSPS) is 12.7. The molecular weight excluding hydrogens is 317 g/mol. The molecule has 0 fully saturated rings. The van der Waals surface area contributed by atoms with Crippen LogP contribution < -0.4 is 5.73 Å². The highest BCUT2D eigenvalue weighted by molar-refractivity contribution is 7.17. The Balaban J connectivity index is 2.12. The number of benzene rings is 1. The van der Waals surface area contributed by atoms with Gasteiger partial charge in [0.05, 0.1) is 22.9 Å². The van der Waals surface area contributed by atoms with Gasteiger partial charge in [0.1, 0.15) is 16.6 Å². The number of nitrogens with two attached hydrogens (primary N) is 1. The molecule has 1 aromatic carbocycles. The fraction of sp³-hybridized carbons (Fsp3) is 0.250. The quantitative estimate of drug-likeness (QED) is 0.759. The maximum atomic E-state index is 13.0. The topological polar surface area (TPSA) is 81.1 Å². The van der Waals surface area contributed by atoms with Gasteiger partial charge in [-0.2, -0.15) is 0 Å². The summed E-state index contributed by atoms with van der Waals surface area (Å²) < 4.78 is 14.8. The zero-order valence-electron chi connectivity index (χ0n) is 12.7. The van der Waals surface area contributed by atoms with Crippen LogP contribution in [-0.4, -0.2) is 27.3 Å². The summed E-state index contributed by atoms with van der Waals surface area (Å²) in [5.74, 6) is -0.977. The summed E-state index contributed by atoms with van der Waals surface area (Å²) in [5, 5.41) is 10.6. The molecule has 5 nitrogen and oxygen atoms in total. The third kappa shape index (κ3) is 2.57. The number of carbonyl (C=O) groups is 1. The van der Waals surface area contributed by atoms with Gasteiger partial charge < -0.3 is 15.4 Å².